The molecule has 15 heavy (non-hydrogen) atoms. The summed E-state index contributed by atoms with van der Waals surface area (Å²) in [6, 6.07) is 5.11. The van der Waals surface area contributed by atoms with Crippen LogP contribution in [0.4, 0.5) is 0 Å². The van der Waals surface area contributed by atoms with Gasteiger partial charge in [0.2, 0.25) is 0 Å². The maximum atomic E-state index is 10.7. The van der Waals surface area contributed by atoms with E-state index in [0.717, 1.165) is 15.2 Å². The Kier molecular flexibility index (Phi) is 2.42. The Balaban J connectivity index is 2.64. The summed E-state index contributed by atoms with van der Waals surface area (Å²) in [7, 11) is 0. The van der Waals surface area contributed by atoms with Crippen molar-refractivity contribution in [1.29, 1.82) is 0 Å². The Hall–Kier alpha value is -1.46. The molecule has 0 amide bonds. The van der Waals surface area contributed by atoms with Gasteiger partial charge in [-0.1, -0.05) is 12.1 Å². The van der Waals surface area contributed by atoms with Crippen molar-refractivity contribution in [3.63, 3.8) is 0 Å². The number of carboxylic acid groups (broad SMARTS) is 1. The Labute approximate surface area is 89.8 Å². The Morgan fingerprint density at radius 2 is 2.27 bits per heavy atom. The van der Waals surface area contributed by atoms with Gasteiger partial charge in [0.1, 0.15) is 0 Å². The van der Waals surface area contributed by atoms with Gasteiger partial charge in [-0.25, -0.2) is 9.78 Å². The first-order chi connectivity index (χ1) is 7.09. The largest absolute Gasteiger partial charge is 0.479 e. The molecule has 1 aromatic heterocycles. The predicted molar refractivity (Wildman–Crippen MR) is 57.0 cm³/mol. The first kappa shape index (κ1) is 10.1. The number of hydrogen-bond donors (Lipinski definition) is 2. The lowest BCUT2D eigenvalue weighted by Crippen LogP contribution is -2.10. The van der Waals surface area contributed by atoms with Crippen molar-refractivity contribution in [2.75, 3.05) is 0 Å². The van der Waals surface area contributed by atoms with Gasteiger partial charge in [-0.3, -0.25) is 0 Å². The number of nitrogens with zero attached hydrogens (tertiary/aromatic N) is 1. The van der Waals surface area contributed by atoms with Crippen LogP contribution in [0.1, 0.15) is 16.7 Å². The van der Waals surface area contributed by atoms with Crippen molar-refractivity contribution in [2.45, 2.75) is 13.0 Å². The highest BCUT2D eigenvalue weighted by molar-refractivity contribution is 7.18. The van der Waals surface area contributed by atoms with Gasteiger partial charge >= 0.3 is 5.97 Å². The van der Waals surface area contributed by atoms with E-state index in [-0.39, 0.29) is 0 Å². The van der Waals surface area contributed by atoms with Crippen LogP contribution in [0.25, 0.3) is 10.2 Å². The molecule has 78 valence electrons. The second-order valence-corrected chi connectivity index (χ2v) is 4.37. The zero-order valence-electron chi connectivity index (χ0n) is 7.97. The van der Waals surface area contributed by atoms with Crippen molar-refractivity contribution >= 4 is 27.5 Å². The molecule has 0 radical (unpaired) electrons. The molecule has 0 aliphatic rings. The zero-order valence-corrected chi connectivity index (χ0v) is 8.78. The van der Waals surface area contributed by atoms with Crippen molar-refractivity contribution in [3.05, 3.63) is 28.8 Å². The van der Waals surface area contributed by atoms with Crippen LogP contribution in [0.3, 0.4) is 0 Å². The number of benzene rings is 1. The molecular weight excluding hydrogens is 214 g/mol. The monoisotopic (exact) mass is 223 g/mol. The molecule has 1 heterocycles. The lowest BCUT2D eigenvalue weighted by Gasteiger charge is -2.05. The third-order valence-corrected chi connectivity index (χ3v) is 3.12. The molecule has 1 aromatic carbocycles. The van der Waals surface area contributed by atoms with E-state index in [0.29, 0.717) is 5.56 Å². The maximum absolute atomic E-state index is 10.7. The first-order valence-corrected chi connectivity index (χ1v) is 5.18. The number of aryl methyl sites for hydroxylation is 1. The van der Waals surface area contributed by atoms with E-state index in [2.05, 4.69) is 4.98 Å². The van der Waals surface area contributed by atoms with E-state index in [1.54, 1.807) is 18.2 Å². The number of aromatic nitrogens is 1. The van der Waals surface area contributed by atoms with Crippen molar-refractivity contribution in [1.82, 2.24) is 4.98 Å². The van der Waals surface area contributed by atoms with Gasteiger partial charge < -0.3 is 10.2 Å². The van der Waals surface area contributed by atoms with E-state index in [9.17, 15) is 9.90 Å². The first-order valence-electron chi connectivity index (χ1n) is 4.36. The average molecular weight is 223 g/mol. The molecule has 1 atom stereocenters. The predicted octanol–water partition coefficient (Wildman–Crippen LogP) is 1.72. The zero-order chi connectivity index (χ0) is 11.0. The lowest BCUT2D eigenvalue weighted by molar-refractivity contribution is -0.146. The van der Waals surface area contributed by atoms with Crippen LogP contribution in [0, 0.1) is 6.92 Å². The minimum absolute atomic E-state index is 0.408. The van der Waals surface area contributed by atoms with Gasteiger partial charge in [-0.15, -0.1) is 11.3 Å². The van der Waals surface area contributed by atoms with E-state index in [4.69, 9.17) is 5.11 Å². The highest BCUT2D eigenvalue weighted by atomic mass is 32.1. The Morgan fingerprint density at radius 1 is 1.53 bits per heavy atom. The van der Waals surface area contributed by atoms with E-state index in [1.807, 2.05) is 6.92 Å². The molecule has 0 saturated carbocycles. The molecular formula is C10H9NO3S. The van der Waals surface area contributed by atoms with Gasteiger partial charge in [-0.2, -0.15) is 0 Å². The molecule has 0 aliphatic carbocycles. The molecule has 5 heteroatoms. The third kappa shape index (κ3) is 1.71. The lowest BCUT2D eigenvalue weighted by atomic mass is 10.1. The summed E-state index contributed by atoms with van der Waals surface area (Å²) >= 11 is 1.39. The number of carboxylic acids is 1. The summed E-state index contributed by atoms with van der Waals surface area (Å²) < 4.78 is 0.741. The number of aliphatic hydroxyl groups excluding tert-OH is 1. The van der Waals surface area contributed by atoms with Crippen LogP contribution in [0.2, 0.25) is 0 Å². The molecule has 1 unspecified atom stereocenters. The average Bonchev–Trinajstić information content (AvgIpc) is 2.56. The van der Waals surface area contributed by atoms with Gasteiger partial charge in [0.15, 0.2) is 6.10 Å². The summed E-state index contributed by atoms with van der Waals surface area (Å²) in [6.45, 7) is 1.85. The quantitative estimate of drug-likeness (QED) is 0.813. The number of hydrogen-bond acceptors (Lipinski definition) is 4. The van der Waals surface area contributed by atoms with Crippen molar-refractivity contribution in [3.8, 4) is 0 Å². The highest BCUT2D eigenvalue weighted by Crippen LogP contribution is 2.29. The van der Waals surface area contributed by atoms with Gasteiger partial charge in [0, 0.05) is 5.56 Å². The number of thiazole rings is 1. The van der Waals surface area contributed by atoms with E-state index >= 15 is 0 Å². The molecule has 0 aliphatic heterocycles. The molecule has 0 saturated heterocycles. The molecule has 2 rings (SSSR count). The Morgan fingerprint density at radius 3 is 2.93 bits per heavy atom. The van der Waals surface area contributed by atoms with Crippen LogP contribution in [-0.2, 0) is 4.79 Å². The summed E-state index contributed by atoms with van der Waals surface area (Å²) in [5.41, 5.74) is 1.14. The third-order valence-electron chi connectivity index (χ3n) is 2.08. The highest BCUT2D eigenvalue weighted by Gasteiger charge is 2.19. The summed E-state index contributed by atoms with van der Waals surface area (Å²) in [4.78, 5) is 14.9. The normalized spacial score (nSPS) is 12.9. The fraction of sp³-hybridized carbons (Fsp3) is 0.200. The second kappa shape index (κ2) is 3.60. The number of rotatable bonds is 2. The molecule has 2 aromatic rings. The smallest absolute Gasteiger partial charge is 0.337 e. The summed E-state index contributed by atoms with van der Waals surface area (Å²) in [5.74, 6) is -1.24. The molecule has 2 N–H and O–H groups in total. The second-order valence-electron chi connectivity index (χ2n) is 3.17. The number of aliphatic hydroxyl groups is 1. The summed E-state index contributed by atoms with van der Waals surface area (Å²) in [5, 5.41) is 19.1. The number of fused-ring (bicyclic) bond motifs is 1. The fourth-order valence-corrected chi connectivity index (χ4v) is 2.39. The molecule has 0 fully saturated rings. The Bertz CT molecular complexity index is 520. The minimum atomic E-state index is -1.48. The number of aliphatic carboxylic acids is 1. The SMILES string of the molecule is Cc1nc2cccc(C(O)C(=O)O)c2s1. The fourth-order valence-electron chi connectivity index (χ4n) is 1.43. The maximum Gasteiger partial charge on any atom is 0.337 e. The molecule has 0 spiro atoms. The van der Waals surface area contributed by atoms with Gasteiger partial charge in [0.05, 0.1) is 15.2 Å². The van der Waals surface area contributed by atoms with Crippen molar-refractivity contribution < 1.29 is 15.0 Å². The van der Waals surface area contributed by atoms with Crippen molar-refractivity contribution in [2.24, 2.45) is 0 Å². The molecule has 4 nitrogen and oxygen atoms in total. The minimum Gasteiger partial charge on any atom is -0.479 e. The van der Waals surface area contributed by atoms with Gasteiger partial charge in [-0.05, 0) is 13.0 Å². The molecule has 0 bridgehead atoms. The van der Waals surface area contributed by atoms with E-state index in [1.165, 1.54) is 11.3 Å². The van der Waals surface area contributed by atoms with Crippen LogP contribution in [0.5, 0.6) is 0 Å². The summed E-state index contributed by atoms with van der Waals surface area (Å²) in [6.07, 6.45) is -1.48. The van der Waals surface area contributed by atoms with Crippen LogP contribution in [0.15, 0.2) is 18.2 Å². The van der Waals surface area contributed by atoms with Crippen LogP contribution >= 0.6 is 11.3 Å². The van der Waals surface area contributed by atoms with Gasteiger partial charge in [0.25, 0.3) is 0 Å². The van der Waals surface area contributed by atoms with Crippen LogP contribution in [-0.4, -0.2) is 21.2 Å². The van der Waals surface area contributed by atoms with E-state index < -0.39 is 12.1 Å². The topological polar surface area (TPSA) is 70.4 Å². The number of carbonyl (C=O) groups is 1. The standard InChI is InChI=1S/C10H9NO3S/c1-5-11-7-4-2-3-6(9(7)15-5)8(12)10(13)14/h2-4,8,12H,1H3,(H,13,14). The van der Waals surface area contributed by atoms with Crippen LogP contribution < -0.4 is 0 Å².